The van der Waals surface area contributed by atoms with Crippen molar-refractivity contribution >= 4 is 11.9 Å². The van der Waals surface area contributed by atoms with E-state index >= 15 is 0 Å². The van der Waals surface area contributed by atoms with Crippen molar-refractivity contribution in [2.45, 2.75) is 18.8 Å². The summed E-state index contributed by atoms with van der Waals surface area (Å²) in [4.78, 5) is 23.8. The summed E-state index contributed by atoms with van der Waals surface area (Å²) in [5.74, 6) is -1.58. The summed E-state index contributed by atoms with van der Waals surface area (Å²) in [7, 11) is 1.58. The van der Waals surface area contributed by atoms with E-state index in [2.05, 4.69) is 5.32 Å². The minimum atomic E-state index is -0.960. The Balaban J connectivity index is 2.01. The van der Waals surface area contributed by atoms with Crippen molar-refractivity contribution in [2.24, 2.45) is 0 Å². The Morgan fingerprint density at radius 1 is 1.04 bits per heavy atom. The zero-order valence-corrected chi connectivity index (χ0v) is 13.7. The van der Waals surface area contributed by atoms with Crippen LogP contribution in [-0.2, 0) is 9.59 Å². The van der Waals surface area contributed by atoms with Gasteiger partial charge in [0.1, 0.15) is 5.75 Å². The first-order valence-electron chi connectivity index (χ1n) is 7.72. The molecule has 0 saturated carbocycles. The van der Waals surface area contributed by atoms with E-state index in [1.54, 1.807) is 50.4 Å². The molecule has 0 heterocycles. The number of methoxy groups -OCH3 is 1. The molecule has 5 heteroatoms. The zero-order chi connectivity index (χ0) is 17.5. The molecule has 0 saturated heterocycles. The largest absolute Gasteiger partial charge is 0.497 e. The van der Waals surface area contributed by atoms with Crippen LogP contribution in [0.5, 0.6) is 5.75 Å². The second-order valence-electron chi connectivity index (χ2n) is 5.54. The monoisotopic (exact) mass is 327 g/mol. The summed E-state index contributed by atoms with van der Waals surface area (Å²) in [6.07, 6.45) is 0. The number of rotatable bonds is 7. The third kappa shape index (κ3) is 4.35. The highest BCUT2D eigenvalue weighted by Gasteiger charge is 2.22. The number of aliphatic carboxylic acids is 1. The van der Waals surface area contributed by atoms with Crippen LogP contribution < -0.4 is 10.1 Å². The summed E-state index contributed by atoms with van der Waals surface area (Å²) >= 11 is 0. The quantitative estimate of drug-likeness (QED) is 0.820. The minimum Gasteiger partial charge on any atom is -0.497 e. The molecule has 0 fully saturated rings. The van der Waals surface area contributed by atoms with Crippen molar-refractivity contribution in [1.82, 2.24) is 5.32 Å². The summed E-state index contributed by atoms with van der Waals surface area (Å²) in [6, 6.07) is 16.1. The Morgan fingerprint density at radius 3 is 2.21 bits per heavy atom. The molecule has 2 atom stereocenters. The van der Waals surface area contributed by atoms with Gasteiger partial charge in [0, 0.05) is 6.54 Å². The molecule has 1 amide bonds. The van der Waals surface area contributed by atoms with Gasteiger partial charge >= 0.3 is 5.97 Å². The maximum absolute atomic E-state index is 12.3. The molecule has 2 aromatic rings. The van der Waals surface area contributed by atoms with Gasteiger partial charge in [-0.2, -0.15) is 0 Å². The third-order valence-electron chi connectivity index (χ3n) is 3.99. The maximum atomic E-state index is 12.3. The zero-order valence-electron chi connectivity index (χ0n) is 13.7. The highest BCUT2D eigenvalue weighted by Crippen LogP contribution is 2.20. The van der Waals surface area contributed by atoms with E-state index in [9.17, 15) is 14.7 Å². The number of carboxylic acid groups (broad SMARTS) is 1. The highest BCUT2D eigenvalue weighted by atomic mass is 16.5. The summed E-state index contributed by atoms with van der Waals surface area (Å²) in [5.41, 5.74) is 1.52. The molecule has 0 aromatic heterocycles. The fourth-order valence-electron chi connectivity index (χ4n) is 2.43. The third-order valence-corrected chi connectivity index (χ3v) is 3.99. The average Bonchev–Trinajstić information content (AvgIpc) is 2.61. The summed E-state index contributed by atoms with van der Waals surface area (Å²) in [6.45, 7) is 1.84. The van der Waals surface area contributed by atoms with E-state index in [1.165, 1.54) is 0 Å². The van der Waals surface area contributed by atoms with Crippen LogP contribution in [0.1, 0.15) is 29.9 Å². The molecular formula is C19H21NO4. The first-order valence-corrected chi connectivity index (χ1v) is 7.72. The Labute approximate surface area is 141 Å². The van der Waals surface area contributed by atoms with Gasteiger partial charge in [-0.15, -0.1) is 0 Å². The van der Waals surface area contributed by atoms with Crippen LogP contribution in [-0.4, -0.2) is 30.6 Å². The summed E-state index contributed by atoms with van der Waals surface area (Å²) < 4.78 is 5.10. The Bertz CT molecular complexity index is 682. The smallest absolute Gasteiger partial charge is 0.312 e. The number of carbonyl (C=O) groups excluding carboxylic acids is 1. The molecule has 0 radical (unpaired) electrons. The SMILES string of the molecule is COc1ccc([C@@H](C)C(=O)NC[C@H](C(=O)O)c2ccccc2)cc1. The Morgan fingerprint density at radius 2 is 1.67 bits per heavy atom. The van der Waals surface area contributed by atoms with Gasteiger partial charge in [0.15, 0.2) is 0 Å². The first-order chi connectivity index (χ1) is 11.5. The standard InChI is InChI=1S/C19H21NO4/c1-13(14-8-10-16(24-2)11-9-14)18(21)20-12-17(19(22)23)15-6-4-3-5-7-15/h3-11,13,17H,12H2,1-2H3,(H,20,21)(H,22,23)/t13-,17+/m1/s1. The molecule has 2 rings (SSSR count). The van der Waals surface area contributed by atoms with Gasteiger partial charge in [-0.3, -0.25) is 9.59 Å². The Hall–Kier alpha value is -2.82. The number of carboxylic acids is 1. The number of nitrogens with one attached hydrogen (secondary N) is 1. The predicted molar refractivity (Wildman–Crippen MR) is 91.2 cm³/mol. The van der Waals surface area contributed by atoms with E-state index in [-0.39, 0.29) is 18.4 Å². The van der Waals surface area contributed by atoms with Crippen LogP contribution in [0.2, 0.25) is 0 Å². The van der Waals surface area contributed by atoms with Gasteiger partial charge in [-0.1, -0.05) is 42.5 Å². The first kappa shape index (κ1) is 17.5. The van der Waals surface area contributed by atoms with Crippen LogP contribution in [0.15, 0.2) is 54.6 Å². The van der Waals surface area contributed by atoms with E-state index in [0.29, 0.717) is 5.56 Å². The van der Waals surface area contributed by atoms with Crippen molar-refractivity contribution in [1.29, 1.82) is 0 Å². The molecule has 5 nitrogen and oxygen atoms in total. The van der Waals surface area contributed by atoms with Gasteiger partial charge in [0.05, 0.1) is 18.9 Å². The number of carbonyl (C=O) groups is 2. The molecule has 0 aliphatic rings. The molecule has 0 aliphatic heterocycles. The molecule has 2 N–H and O–H groups in total. The van der Waals surface area contributed by atoms with Crippen LogP contribution in [0.25, 0.3) is 0 Å². The van der Waals surface area contributed by atoms with Crippen LogP contribution in [0.3, 0.4) is 0 Å². The van der Waals surface area contributed by atoms with E-state index < -0.39 is 11.9 Å². The lowest BCUT2D eigenvalue weighted by atomic mass is 9.97. The molecular weight excluding hydrogens is 306 g/mol. The van der Waals surface area contributed by atoms with Crippen molar-refractivity contribution in [3.63, 3.8) is 0 Å². The molecule has 0 aliphatic carbocycles. The van der Waals surface area contributed by atoms with Crippen molar-refractivity contribution in [2.75, 3.05) is 13.7 Å². The molecule has 0 spiro atoms. The highest BCUT2D eigenvalue weighted by molar-refractivity contribution is 5.84. The molecule has 0 bridgehead atoms. The van der Waals surface area contributed by atoms with E-state index in [0.717, 1.165) is 11.3 Å². The van der Waals surface area contributed by atoms with Crippen molar-refractivity contribution in [3.8, 4) is 5.75 Å². The van der Waals surface area contributed by atoms with E-state index in [4.69, 9.17) is 4.74 Å². The number of benzene rings is 2. The summed E-state index contributed by atoms with van der Waals surface area (Å²) in [5, 5.41) is 12.1. The average molecular weight is 327 g/mol. The second-order valence-corrected chi connectivity index (χ2v) is 5.54. The van der Waals surface area contributed by atoms with Crippen molar-refractivity contribution < 1.29 is 19.4 Å². The van der Waals surface area contributed by atoms with Crippen molar-refractivity contribution in [3.05, 3.63) is 65.7 Å². The lowest BCUT2D eigenvalue weighted by Crippen LogP contribution is -2.34. The van der Waals surface area contributed by atoms with Gasteiger partial charge in [-0.25, -0.2) is 0 Å². The van der Waals surface area contributed by atoms with Gasteiger partial charge in [0.2, 0.25) is 5.91 Å². The predicted octanol–water partition coefficient (Wildman–Crippen LogP) is 2.78. The number of hydrogen-bond donors (Lipinski definition) is 2. The lowest BCUT2D eigenvalue weighted by Gasteiger charge is -2.17. The van der Waals surface area contributed by atoms with E-state index in [1.807, 2.05) is 18.2 Å². The fourth-order valence-corrected chi connectivity index (χ4v) is 2.43. The number of amides is 1. The number of ether oxygens (including phenoxy) is 1. The molecule has 2 aromatic carbocycles. The van der Waals surface area contributed by atoms with Gasteiger partial charge in [-0.05, 0) is 30.2 Å². The maximum Gasteiger partial charge on any atom is 0.312 e. The minimum absolute atomic E-state index is 0.0542. The normalized spacial score (nSPS) is 12.9. The molecule has 0 unspecified atom stereocenters. The molecule has 24 heavy (non-hydrogen) atoms. The second kappa shape index (κ2) is 8.15. The number of hydrogen-bond acceptors (Lipinski definition) is 3. The fraction of sp³-hybridized carbons (Fsp3) is 0.263. The van der Waals surface area contributed by atoms with Crippen LogP contribution >= 0.6 is 0 Å². The van der Waals surface area contributed by atoms with Gasteiger partial charge in [0.25, 0.3) is 0 Å². The lowest BCUT2D eigenvalue weighted by molar-refractivity contribution is -0.138. The molecule has 126 valence electrons. The van der Waals surface area contributed by atoms with Crippen LogP contribution in [0, 0.1) is 0 Å². The van der Waals surface area contributed by atoms with Gasteiger partial charge < -0.3 is 15.2 Å². The topological polar surface area (TPSA) is 75.6 Å². The Kier molecular flexibility index (Phi) is 5.95. The van der Waals surface area contributed by atoms with Crippen LogP contribution in [0.4, 0.5) is 0 Å².